The van der Waals surface area contributed by atoms with Gasteiger partial charge in [-0.25, -0.2) is 4.79 Å². The SMILES string of the molecule is O=C(Nc1ccccc1Br)Nc1c(O)ccc2ccccc12. The van der Waals surface area contributed by atoms with E-state index < -0.39 is 6.03 Å². The van der Waals surface area contributed by atoms with Crippen molar-refractivity contribution >= 4 is 44.1 Å². The number of phenolic OH excluding ortho intramolecular Hbond substituents is 1. The maximum atomic E-state index is 12.2. The molecule has 0 aromatic heterocycles. The Bertz CT molecular complexity index is 849. The van der Waals surface area contributed by atoms with Crippen molar-refractivity contribution in [2.75, 3.05) is 10.6 Å². The van der Waals surface area contributed by atoms with Crippen LogP contribution < -0.4 is 10.6 Å². The number of hydrogen-bond acceptors (Lipinski definition) is 2. The Kier molecular flexibility index (Phi) is 3.98. The van der Waals surface area contributed by atoms with E-state index in [2.05, 4.69) is 26.6 Å². The predicted octanol–water partition coefficient (Wildman–Crippen LogP) is 4.95. The van der Waals surface area contributed by atoms with Gasteiger partial charge in [0, 0.05) is 9.86 Å². The fourth-order valence-electron chi connectivity index (χ4n) is 2.22. The molecule has 0 fully saturated rings. The molecule has 3 aromatic rings. The first-order valence-corrected chi connectivity index (χ1v) is 7.48. The first kappa shape index (κ1) is 14.4. The molecule has 0 atom stereocenters. The maximum absolute atomic E-state index is 12.2. The van der Waals surface area contributed by atoms with Gasteiger partial charge in [0.05, 0.1) is 11.4 Å². The highest BCUT2D eigenvalue weighted by molar-refractivity contribution is 9.10. The van der Waals surface area contributed by atoms with E-state index in [0.717, 1.165) is 15.2 Å². The van der Waals surface area contributed by atoms with E-state index in [1.165, 1.54) is 0 Å². The minimum Gasteiger partial charge on any atom is -0.506 e. The smallest absolute Gasteiger partial charge is 0.323 e. The number of phenols is 1. The van der Waals surface area contributed by atoms with Crippen LogP contribution in [-0.2, 0) is 0 Å². The molecule has 5 heteroatoms. The number of amides is 2. The molecule has 0 aliphatic carbocycles. The summed E-state index contributed by atoms with van der Waals surface area (Å²) in [5.41, 5.74) is 1.04. The number of aromatic hydroxyl groups is 1. The summed E-state index contributed by atoms with van der Waals surface area (Å²) in [4.78, 5) is 12.2. The zero-order valence-corrected chi connectivity index (χ0v) is 13.1. The number of benzene rings is 3. The second kappa shape index (κ2) is 6.07. The van der Waals surface area contributed by atoms with Gasteiger partial charge in [-0.05, 0) is 39.5 Å². The van der Waals surface area contributed by atoms with E-state index in [1.54, 1.807) is 12.1 Å². The lowest BCUT2D eigenvalue weighted by Crippen LogP contribution is -2.19. The highest BCUT2D eigenvalue weighted by Gasteiger charge is 2.11. The van der Waals surface area contributed by atoms with Crippen molar-refractivity contribution in [2.24, 2.45) is 0 Å². The van der Waals surface area contributed by atoms with Crippen LogP contribution >= 0.6 is 15.9 Å². The number of carbonyl (C=O) groups is 1. The Morgan fingerprint density at radius 3 is 2.45 bits per heavy atom. The Labute approximate surface area is 135 Å². The van der Waals surface area contributed by atoms with Gasteiger partial charge in [0.2, 0.25) is 0 Å². The van der Waals surface area contributed by atoms with Crippen LogP contribution in [0.15, 0.2) is 65.1 Å². The number of rotatable bonds is 2. The van der Waals surface area contributed by atoms with Crippen LogP contribution in [0.4, 0.5) is 16.2 Å². The Hall–Kier alpha value is -2.53. The van der Waals surface area contributed by atoms with Crippen molar-refractivity contribution in [2.45, 2.75) is 0 Å². The van der Waals surface area contributed by atoms with E-state index >= 15 is 0 Å². The molecule has 0 radical (unpaired) electrons. The topological polar surface area (TPSA) is 61.4 Å². The summed E-state index contributed by atoms with van der Waals surface area (Å²) in [7, 11) is 0. The highest BCUT2D eigenvalue weighted by Crippen LogP contribution is 2.32. The number of halogens is 1. The molecular weight excluding hydrogens is 344 g/mol. The number of nitrogens with one attached hydrogen (secondary N) is 2. The maximum Gasteiger partial charge on any atom is 0.323 e. The molecule has 3 N–H and O–H groups in total. The van der Waals surface area contributed by atoms with Crippen LogP contribution in [0, 0.1) is 0 Å². The van der Waals surface area contributed by atoms with Crippen LogP contribution in [-0.4, -0.2) is 11.1 Å². The summed E-state index contributed by atoms with van der Waals surface area (Å²) in [6.07, 6.45) is 0. The third-order valence-corrected chi connectivity index (χ3v) is 3.96. The van der Waals surface area contributed by atoms with Gasteiger partial charge in [0.25, 0.3) is 0 Å². The predicted molar refractivity (Wildman–Crippen MR) is 92.4 cm³/mol. The largest absolute Gasteiger partial charge is 0.506 e. The first-order valence-electron chi connectivity index (χ1n) is 6.68. The number of urea groups is 1. The molecule has 0 unspecified atom stereocenters. The molecule has 0 heterocycles. The molecular formula is C17H13BrN2O2. The summed E-state index contributed by atoms with van der Waals surface area (Å²) >= 11 is 3.37. The van der Waals surface area contributed by atoms with E-state index in [0.29, 0.717) is 11.4 Å². The van der Waals surface area contributed by atoms with Crippen LogP contribution in [0.2, 0.25) is 0 Å². The molecule has 2 amide bonds. The number of hydrogen-bond donors (Lipinski definition) is 3. The van der Waals surface area contributed by atoms with Gasteiger partial charge in [-0.2, -0.15) is 0 Å². The normalized spacial score (nSPS) is 10.4. The van der Waals surface area contributed by atoms with Gasteiger partial charge in [-0.3, -0.25) is 0 Å². The molecule has 3 rings (SSSR count). The van der Waals surface area contributed by atoms with Gasteiger partial charge in [0.1, 0.15) is 5.75 Å². The minimum absolute atomic E-state index is 0.0287. The van der Waals surface area contributed by atoms with Crippen LogP contribution in [0.1, 0.15) is 0 Å². The van der Waals surface area contributed by atoms with Gasteiger partial charge in [-0.15, -0.1) is 0 Å². The Balaban J connectivity index is 1.88. The molecule has 0 aliphatic rings. The van der Waals surface area contributed by atoms with Crippen molar-refractivity contribution in [3.05, 3.63) is 65.1 Å². The summed E-state index contributed by atoms with van der Waals surface area (Å²) < 4.78 is 0.785. The minimum atomic E-state index is -0.418. The zero-order valence-electron chi connectivity index (χ0n) is 11.5. The average Bonchev–Trinajstić information content (AvgIpc) is 2.52. The fraction of sp³-hybridized carbons (Fsp3) is 0. The molecule has 0 spiro atoms. The molecule has 0 aliphatic heterocycles. The second-order valence-corrected chi connectivity index (χ2v) is 5.59. The lowest BCUT2D eigenvalue weighted by atomic mass is 10.1. The lowest BCUT2D eigenvalue weighted by Gasteiger charge is -2.12. The average molecular weight is 357 g/mol. The van der Waals surface area contributed by atoms with Crippen molar-refractivity contribution < 1.29 is 9.90 Å². The van der Waals surface area contributed by atoms with Gasteiger partial charge in [-0.1, -0.05) is 42.5 Å². The summed E-state index contributed by atoms with van der Waals surface area (Å²) in [5, 5.41) is 17.2. The van der Waals surface area contributed by atoms with Crippen LogP contribution in [0.25, 0.3) is 10.8 Å². The monoisotopic (exact) mass is 356 g/mol. The summed E-state index contributed by atoms with van der Waals surface area (Å²) in [5.74, 6) is 0.0287. The molecule has 110 valence electrons. The molecule has 3 aromatic carbocycles. The van der Waals surface area contributed by atoms with Crippen molar-refractivity contribution in [1.82, 2.24) is 0 Å². The molecule has 0 bridgehead atoms. The summed E-state index contributed by atoms with van der Waals surface area (Å²) in [6.45, 7) is 0. The van der Waals surface area contributed by atoms with E-state index in [4.69, 9.17) is 0 Å². The summed E-state index contributed by atoms with van der Waals surface area (Å²) in [6, 6.07) is 17.8. The van der Waals surface area contributed by atoms with Crippen LogP contribution in [0.5, 0.6) is 5.75 Å². The van der Waals surface area contributed by atoms with Gasteiger partial charge in [0.15, 0.2) is 0 Å². The second-order valence-electron chi connectivity index (χ2n) is 4.74. The standard InChI is InChI=1S/C17H13BrN2O2/c18-13-7-3-4-8-14(13)19-17(22)20-16-12-6-2-1-5-11(12)9-10-15(16)21/h1-10,21H,(H2,19,20,22). The van der Waals surface area contributed by atoms with Crippen molar-refractivity contribution in [3.63, 3.8) is 0 Å². The Morgan fingerprint density at radius 1 is 0.909 bits per heavy atom. The van der Waals surface area contributed by atoms with Crippen LogP contribution in [0.3, 0.4) is 0 Å². The molecule has 0 saturated carbocycles. The van der Waals surface area contributed by atoms with E-state index in [1.807, 2.05) is 48.5 Å². The number of carbonyl (C=O) groups excluding carboxylic acids is 1. The number of anilines is 2. The van der Waals surface area contributed by atoms with Gasteiger partial charge >= 0.3 is 6.03 Å². The van der Waals surface area contributed by atoms with Crippen molar-refractivity contribution in [1.29, 1.82) is 0 Å². The molecule has 22 heavy (non-hydrogen) atoms. The van der Waals surface area contributed by atoms with Gasteiger partial charge < -0.3 is 15.7 Å². The van der Waals surface area contributed by atoms with E-state index in [-0.39, 0.29) is 5.75 Å². The number of fused-ring (bicyclic) bond motifs is 1. The van der Waals surface area contributed by atoms with Crippen molar-refractivity contribution in [3.8, 4) is 5.75 Å². The highest BCUT2D eigenvalue weighted by atomic mass is 79.9. The molecule has 0 saturated heterocycles. The quantitative estimate of drug-likeness (QED) is 0.568. The zero-order chi connectivity index (χ0) is 15.5. The molecule has 4 nitrogen and oxygen atoms in total. The third kappa shape index (κ3) is 2.89. The first-order chi connectivity index (χ1) is 10.6. The number of para-hydroxylation sites is 1. The fourth-order valence-corrected chi connectivity index (χ4v) is 2.60. The third-order valence-electron chi connectivity index (χ3n) is 3.27. The Morgan fingerprint density at radius 2 is 1.64 bits per heavy atom. The lowest BCUT2D eigenvalue weighted by molar-refractivity contribution is 0.262. The van der Waals surface area contributed by atoms with E-state index in [9.17, 15) is 9.90 Å².